The number of nitrogens with zero attached hydrogens (tertiary/aromatic N) is 1. The van der Waals surface area contributed by atoms with Crippen molar-refractivity contribution < 1.29 is 0 Å². The molecule has 0 fully saturated rings. The van der Waals surface area contributed by atoms with Crippen molar-refractivity contribution in [2.75, 3.05) is 0 Å². The van der Waals surface area contributed by atoms with Crippen LogP contribution < -0.4 is 0 Å². The quantitative estimate of drug-likeness (QED) is 0.588. The highest BCUT2D eigenvalue weighted by atomic mass is 14.8. The summed E-state index contributed by atoms with van der Waals surface area (Å²) in [6.45, 7) is 8.88. The normalized spacial score (nSPS) is 19.8. The summed E-state index contributed by atoms with van der Waals surface area (Å²) in [6, 6.07) is 13.4. The van der Waals surface area contributed by atoms with E-state index in [-0.39, 0.29) is 0 Å². The largest absolute Gasteiger partial charge is 0.247 e. The molecule has 1 atom stereocenters. The van der Waals surface area contributed by atoms with Crippen molar-refractivity contribution in [2.24, 2.45) is 4.99 Å². The highest BCUT2D eigenvalue weighted by Gasteiger charge is 2.31. The van der Waals surface area contributed by atoms with Crippen molar-refractivity contribution in [1.82, 2.24) is 0 Å². The standard InChI is InChI=1S/C25H23N/c1-14-11-23-22(24-16(3)15(2)17(4)25(24)26-23)13-20(14)12-19-10-9-18-7-5-6-8-21(18)19/h5-11,13,19H,12H2,1-4H3. The Hall–Kier alpha value is -2.67. The first kappa shape index (κ1) is 15.6. The highest BCUT2D eigenvalue weighted by molar-refractivity contribution is 6.39. The summed E-state index contributed by atoms with van der Waals surface area (Å²) in [5.41, 5.74) is 14.7. The lowest BCUT2D eigenvalue weighted by Gasteiger charge is -2.15. The molecule has 1 heterocycles. The van der Waals surface area contributed by atoms with Crippen LogP contribution in [0.3, 0.4) is 0 Å². The van der Waals surface area contributed by atoms with Gasteiger partial charge in [-0.2, -0.15) is 0 Å². The summed E-state index contributed by atoms with van der Waals surface area (Å²) >= 11 is 0. The zero-order valence-electron chi connectivity index (χ0n) is 15.9. The molecule has 0 amide bonds. The number of fused-ring (bicyclic) bond motifs is 4. The molecule has 1 heteroatoms. The van der Waals surface area contributed by atoms with Gasteiger partial charge in [0.25, 0.3) is 0 Å². The van der Waals surface area contributed by atoms with Crippen LogP contribution in [0, 0.1) is 6.92 Å². The van der Waals surface area contributed by atoms with E-state index in [1.54, 1.807) is 0 Å². The number of hydrogen-bond acceptors (Lipinski definition) is 1. The van der Waals surface area contributed by atoms with Gasteiger partial charge in [-0.05, 0) is 85.2 Å². The maximum absolute atomic E-state index is 4.95. The molecule has 128 valence electrons. The summed E-state index contributed by atoms with van der Waals surface area (Å²) in [5.74, 6) is 0.477. The summed E-state index contributed by atoms with van der Waals surface area (Å²) in [6.07, 6.45) is 5.68. The average Bonchev–Trinajstić information content (AvgIpc) is 3.27. The van der Waals surface area contributed by atoms with Crippen LogP contribution in [0.15, 0.2) is 64.2 Å². The number of aliphatic imine (C=N–C) groups is 1. The fourth-order valence-electron chi connectivity index (χ4n) is 4.59. The molecular formula is C25H23N. The van der Waals surface area contributed by atoms with Crippen molar-refractivity contribution in [3.05, 3.63) is 87.0 Å². The molecule has 2 aliphatic carbocycles. The van der Waals surface area contributed by atoms with Crippen LogP contribution in [0.25, 0.3) is 11.6 Å². The van der Waals surface area contributed by atoms with Gasteiger partial charge in [0.1, 0.15) is 0 Å². The highest BCUT2D eigenvalue weighted by Crippen LogP contribution is 2.46. The van der Waals surface area contributed by atoms with Gasteiger partial charge in [0.05, 0.1) is 11.4 Å². The van der Waals surface area contributed by atoms with E-state index in [0.717, 1.165) is 12.1 Å². The fraction of sp³-hybridized carbons (Fsp3) is 0.240. The summed E-state index contributed by atoms with van der Waals surface area (Å²) in [7, 11) is 0. The van der Waals surface area contributed by atoms with E-state index in [1.807, 2.05) is 0 Å². The molecular weight excluding hydrogens is 314 g/mol. The molecule has 5 rings (SSSR count). The Morgan fingerprint density at radius 3 is 2.58 bits per heavy atom. The molecule has 0 saturated heterocycles. The lowest BCUT2D eigenvalue weighted by molar-refractivity contribution is 0.844. The molecule has 0 N–H and O–H groups in total. The van der Waals surface area contributed by atoms with Gasteiger partial charge in [0, 0.05) is 17.1 Å². The van der Waals surface area contributed by atoms with Crippen LogP contribution in [0.2, 0.25) is 0 Å². The Morgan fingerprint density at radius 1 is 0.923 bits per heavy atom. The van der Waals surface area contributed by atoms with E-state index in [1.165, 1.54) is 55.8 Å². The van der Waals surface area contributed by atoms with Gasteiger partial charge in [-0.3, -0.25) is 0 Å². The average molecular weight is 337 g/mol. The van der Waals surface area contributed by atoms with Crippen LogP contribution in [0.4, 0.5) is 5.69 Å². The summed E-state index contributed by atoms with van der Waals surface area (Å²) in [5, 5.41) is 0. The molecule has 0 saturated carbocycles. The van der Waals surface area contributed by atoms with Crippen LogP contribution in [-0.2, 0) is 6.42 Å². The molecule has 0 bridgehead atoms. The van der Waals surface area contributed by atoms with Crippen molar-refractivity contribution in [3.8, 4) is 0 Å². The molecule has 0 spiro atoms. The van der Waals surface area contributed by atoms with Gasteiger partial charge in [-0.15, -0.1) is 0 Å². The third-order valence-corrected chi connectivity index (χ3v) is 6.39. The van der Waals surface area contributed by atoms with Crippen molar-refractivity contribution in [3.63, 3.8) is 0 Å². The van der Waals surface area contributed by atoms with E-state index in [2.05, 4.69) is 76.2 Å². The Labute approximate surface area is 155 Å². The van der Waals surface area contributed by atoms with E-state index in [4.69, 9.17) is 4.99 Å². The molecule has 1 aliphatic heterocycles. The molecule has 3 aliphatic rings. The van der Waals surface area contributed by atoms with Gasteiger partial charge >= 0.3 is 0 Å². The Kier molecular flexibility index (Phi) is 3.24. The number of hydrogen-bond donors (Lipinski definition) is 0. The van der Waals surface area contributed by atoms with Crippen molar-refractivity contribution in [1.29, 1.82) is 0 Å². The monoisotopic (exact) mass is 337 g/mol. The minimum Gasteiger partial charge on any atom is -0.247 e. The molecule has 2 aromatic carbocycles. The van der Waals surface area contributed by atoms with E-state index < -0.39 is 0 Å². The van der Waals surface area contributed by atoms with E-state index in [0.29, 0.717) is 5.92 Å². The van der Waals surface area contributed by atoms with Gasteiger partial charge in [-0.25, -0.2) is 4.99 Å². The van der Waals surface area contributed by atoms with Crippen LogP contribution >= 0.6 is 0 Å². The van der Waals surface area contributed by atoms with Crippen LogP contribution in [0.5, 0.6) is 0 Å². The Morgan fingerprint density at radius 2 is 1.73 bits per heavy atom. The second-order valence-electron chi connectivity index (χ2n) is 7.80. The zero-order chi connectivity index (χ0) is 18.0. The smallest absolute Gasteiger partial charge is 0.0750 e. The van der Waals surface area contributed by atoms with Crippen LogP contribution in [-0.4, -0.2) is 5.71 Å². The topological polar surface area (TPSA) is 12.4 Å². The lowest BCUT2D eigenvalue weighted by Crippen LogP contribution is -2.01. The predicted molar refractivity (Wildman–Crippen MR) is 111 cm³/mol. The first-order valence-electron chi connectivity index (χ1n) is 9.44. The van der Waals surface area contributed by atoms with Crippen molar-refractivity contribution >= 4 is 23.0 Å². The van der Waals surface area contributed by atoms with Gasteiger partial charge in [-0.1, -0.05) is 36.4 Å². The molecule has 0 radical (unpaired) electrons. The first-order chi connectivity index (χ1) is 12.5. The molecule has 2 aromatic rings. The second-order valence-corrected chi connectivity index (χ2v) is 7.80. The molecule has 0 aromatic heterocycles. The number of benzene rings is 2. The lowest BCUT2D eigenvalue weighted by atomic mass is 9.89. The van der Waals surface area contributed by atoms with Gasteiger partial charge in [0.15, 0.2) is 0 Å². The van der Waals surface area contributed by atoms with Crippen LogP contribution in [0.1, 0.15) is 54.5 Å². The van der Waals surface area contributed by atoms with Crippen molar-refractivity contribution in [2.45, 2.75) is 40.0 Å². The Bertz CT molecular complexity index is 1090. The zero-order valence-corrected chi connectivity index (χ0v) is 15.9. The van der Waals surface area contributed by atoms with E-state index in [9.17, 15) is 0 Å². The fourth-order valence-corrected chi connectivity index (χ4v) is 4.59. The third-order valence-electron chi connectivity index (χ3n) is 6.39. The number of allylic oxidation sites excluding steroid dienone is 5. The maximum atomic E-state index is 4.95. The summed E-state index contributed by atoms with van der Waals surface area (Å²) in [4.78, 5) is 4.95. The SMILES string of the molecule is CC1=C(C)C(C)=C2C1=Nc1cc(C)c(CC3C=Cc4ccccc43)cc12. The first-order valence-corrected chi connectivity index (χ1v) is 9.44. The number of rotatable bonds is 2. The summed E-state index contributed by atoms with van der Waals surface area (Å²) < 4.78 is 0. The predicted octanol–water partition coefficient (Wildman–Crippen LogP) is 6.56. The van der Waals surface area contributed by atoms with Gasteiger partial charge in [0.2, 0.25) is 0 Å². The molecule has 1 unspecified atom stereocenters. The minimum absolute atomic E-state index is 0.477. The third kappa shape index (κ3) is 2.07. The number of aryl methyl sites for hydroxylation is 1. The second kappa shape index (κ2) is 5.41. The van der Waals surface area contributed by atoms with E-state index >= 15 is 0 Å². The minimum atomic E-state index is 0.477. The molecule has 1 nitrogen and oxygen atoms in total. The maximum Gasteiger partial charge on any atom is 0.0750 e. The molecule has 26 heavy (non-hydrogen) atoms. The Balaban J connectivity index is 1.55. The van der Waals surface area contributed by atoms with Gasteiger partial charge < -0.3 is 0 Å².